The molecule has 1 aromatic rings. The average molecular weight is 325 g/mol. The van der Waals surface area contributed by atoms with Crippen molar-refractivity contribution in [1.29, 1.82) is 0 Å². The number of aliphatic carboxylic acids is 1. The number of halogens is 1. The van der Waals surface area contributed by atoms with Crippen LogP contribution in [0.2, 0.25) is 0 Å². The summed E-state index contributed by atoms with van der Waals surface area (Å²) in [7, 11) is 1.40. The van der Waals surface area contributed by atoms with Gasteiger partial charge in [0, 0.05) is 19.5 Å². The summed E-state index contributed by atoms with van der Waals surface area (Å²) in [5, 5.41) is 8.78. The van der Waals surface area contributed by atoms with E-state index in [0.29, 0.717) is 25.1 Å². The van der Waals surface area contributed by atoms with Crippen molar-refractivity contribution in [3.05, 3.63) is 29.6 Å². The maximum absolute atomic E-state index is 13.6. The average Bonchev–Trinajstić information content (AvgIpc) is 2.52. The van der Waals surface area contributed by atoms with Crippen molar-refractivity contribution in [2.24, 2.45) is 0 Å². The summed E-state index contributed by atoms with van der Waals surface area (Å²) >= 11 is 0. The Balaban J connectivity index is 1.86. The van der Waals surface area contributed by atoms with Gasteiger partial charge in [0.25, 0.3) is 0 Å². The number of ether oxygens (including phenoxy) is 2. The standard InChI is InChI=1S/C16H20FNO5/c1-22-14-4-2-11(8-13(14)17)3-5-15(19)18-6-7-23-12(10-18)9-16(20)21/h2,4,8,12H,3,5-7,9-10H2,1H3,(H,20,21)/t12-/m0/s1. The van der Waals surface area contributed by atoms with Gasteiger partial charge in [0.2, 0.25) is 5.91 Å². The third kappa shape index (κ3) is 4.92. The van der Waals surface area contributed by atoms with Crippen LogP contribution in [0.25, 0.3) is 0 Å². The van der Waals surface area contributed by atoms with E-state index in [1.165, 1.54) is 19.2 Å². The molecule has 6 nitrogen and oxygen atoms in total. The number of hydrogen-bond donors (Lipinski definition) is 1. The fraction of sp³-hybridized carbons (Fsp3) is 0.500. The molecule has 126 valence electrons. The SMILES string of the molecule is COc1ccc(CCC(=O)N2CCO[C@@H](CC(=O)O)C2)cc1F. The van der Waals surface area contributed by atoms with Gasteiger partial charge >= 0.3 is 5.97 Å². The number of methoxy groups -OCH3 is 1. The summed E-state index contributed by atoms with van der Waals surface area (Å²) in [6, 6.07) is 4.62. The van der Waals surface area contributed by atoms with Crippen LogP contribution < -0.4 is 4.74 Å². The first kappa shape index (κ1) is 17.2. The van der Waals surface area contributed by atoms with Gasteiger partial charge in [-0.15, -0.1) is 0 Å². The van der Waals surface area contributed by atoms with Gasteiger partial charge in [-0.05, 0) is 24.1 Å². The number of rotatable bonds is 6. The van der Waals surface area contributed by atoms with Gasteiger partial charge < -0.3 is 19.5 Å². The van der Waals surface area contributed by atoms with E-state index in [0.717, 1.165) is 0 Å². The minimum absolute atomic E-state index is 0.0834. The highest BCUT2D eigenvalue weighted by atomic mass is 19.1. The second kappa shape index (κ2) is 7.92. The smallest absolute Gasteiger partial charge is 0.306 e. The zero-order valence-electron chi connectivity index (χ0n) is 13.0. The molecule has 0 bridgehead atoms. The highest BCUT2D eigenvalue weighted by molar-refractivity contribution is 5.76. The zero-order valence-corrected chi connectivity index (χ0v) is 13.0. The summed E-state index contributed by atoms with van der Waals surface area (Å²) in [6.07, 6.45) is 0.0725. The number of morpholine rings is 1. The molecule has 0 radical (unpaired) electrons. The van der Waals surface area contributed by atoms with E-state index in [1.807, 2.05) is 0 Å². The summed E-state index contributed by atoms with van der Waals surface area (Å²) in [4.78, 5) is 24.5. The maximum Gasteiger partial charge on any atom is 0.306 e. The highest BCUT2D eigenvalue weighted by Gasteiger charge is 2.25. The van der Waals surface area contributed by atoms with Gasteiger partial charge in [0.15, 0.2) is 11.6 Å². The van der Waals surface area contributed by atoms with E-state index in [9.17, 15) is 14.0 Å². The molecular weight excluding hydrogens is 305 g/mol. The van der Waals surface area contributed by atoms with Crippen LogP contribution in [0, 0.1) is 5.82 Å². The van der Waals surface area contributed by atoms with E-state index >= 15 is 0 Å². The van der Waals surface area contributed by atoms with Crippen molar-refractivity contribution in [3.63, 3.8) is 0 Å². The summed E-state index contributed by atoms with van der Waals surface area (Å²) in [6.45, 7) is 1.06. The monoisotopic (exact) mass is 325 g/mol. The minimum atomic E-state index is -0.946. The molecule has 0 aromatic heterocycles. The van der Waals surface area contributed by atoms with Crippen molar-refractivity contribution in [3.8, 4) is 5.75 Å². The van der Waals surface area contributed by atoms with E-state index in [4.69, 9.17) is 14.6 Å². The van der Waals surface area contributed by atoms with Crippen LogP contribution in [0.3, 0.4) is 0 Å². The second-order valence-electron chi connectivity index (χ2n) is 5.40. The second-order valence-corrected chi connectivity index (χ2v) is 5.40. The number of carbonyl (C=O) groups is 2. The predicted octanol–water partition coefficient (Wildman–Crippen LogP) is 1.47. The number of aryl methyl sites for hydroxylation is 1. The molecule has 0 spiro atoms. The van der Waals surface area contributed by atoms with Crippen LogP contribution in [0.1, 0.15) is 18.4 Å². The molecule has 2 rings (SSSR count). The predicted molar refractivity (Wildman–Crippen MR) is 79.8 cm³/mol. The molecule has 0 saturated carbocycles. The molecule has 1 saturated heterocycles. The van der Waals surface area contributed by atoms with E-state index < -0.39 is 17.9 Å². The zero-order chi connectivity index (χ0) is 16.8. The lowest BCUT2D eigenvalue weighted by atomic mass is 10.1. The summed E-state index contributed by atoms with van der Waals surface area (Å²) in [5.41, 5.74) is 0.715. The van der Waals surface area contributed by atoms with Crippen molar-refractivity contribution in [2.75, 3.05) is 26.8 Å². The Morgan fingerprint density at radius 3 is 2.91 bits per heavy atom. The number of carbonyl (C=O) groups excluding carboxylic acids is 1. The number of nitrogens with zero attached hydrogens (tertiary/aromatic N) is 1. The molecule has 1 aliphatic heterocycles. The summed E-state index contributed by atoms with van der Waals surface area (Å²) in [5.74, 6) is -1.31. The van der Waals surface area contributed by atoms with Crippen LogP contribution in [-0.4, -0.2) is 54.8 Å². The first-order chi connectivity index (χ1) is 11.0. The Hall–Kier alpha value is -2.15. The van der Waals surface area contributed by atoms with Crippen LogP contribution >= 0.6 is 0 Å². The third-order valence-electron chi connectivity index (χ3n) is 3.74. The van der Waals surface area contributed by atoms with Gasteiger partial charge in [-0.3, -0.25) is 9.59 Å². The normalized spacial score (nSPS) is 17.8. The van der Waals surface area contributed by atoms with Gasteiger partial charge in [-0.2, -0.15) is 0 Å². The molecular formula is C16H20FNO5. The molecule has 23 heavy (non-hydrogen) atoms. The number of hydrogen-bond acceptors (Lipinski definition) is 4. The fourth-order valence-corrected chi connectivity index (χ4v) is 2.54. The molecule has 1 atom stereocenters. The van der Waals surface area contributed by atoms with Gasteiger partial charge in [-0.1, -0.05) is 6.07 Å². The van der Waals surface area contributed by atoms with E-state index in [1.54, 1.807) is 11.0 Å². The fourth-order valence-electron chi connectivity index (χ4n) is 2.54. The van der Waals surface area contributed by atoms with Crippen molar-refractivity contribution in [2.45, 2.75) is 25.4 Å². The number of benzene rings is 1. The number of amides is 1. The molecule has 0 aliphatic carbocycles. The molecule has 7 heteroatoms. The van der Waals surface area contributed by atoms with Crippen LogP contribution in [0.5, 0.6) is 5.75 Å². The molecule has 1 amide bonds. The molecule has 1 N–H and O–H groups in total. The van der Waals surface area contributed by atoms with Crippen molar-refractivity contribution in [1.82, 2.24) is 4.90 Å². The van der Waals surface area contributed by atoms with E-state index in [2.05, 4.69) is 0 Å². The molecule has 1 heterocycles. The maximum atomic E-state index is 13.6. The summed E-state index contributed by atoms with van der Waals surface area (Å²) < 4.78 is 23.8. The lowest BCUT2D eigenvalue weighted by Gasteiger charge is -2.32. The largest absolute Gasteiger partial charge is 0.494 e. The lowest BCUT2D eigenvalue weighted by molar-refractivity contribution is -0.147. The first-order valence-corrected chi connectivity index (χ1v) is 7.43. The van der Waals surface area contributed by atoms with E-state index in [-0.39, 0.29) is 31.0 Å². The van der Waals surface area contributed by atoms with Crippen LogP contribution in [-0.2, 0) is 20.7 Å². The Morgan fingerprint density at radius 1 is 1.48 bits per heavy atom. The van der Waals surface area contributed by atoms with Gasteiger partial charge in [0.1, 0.15) is 0 Å². The molecule has 0 unspecified atom stereocenters. The Labute approximate surface area is 133 Å². The van der Waals surface area contributed by atoms with Crippen molar-refractivity contribution >= 4 is 11.9 Å². The third-order valence-corrected chi connectivity index (χ3v) is 3.74. The number of carboxylic acids is 1. The Morgan fingerprint density at radius 2 is 2.26 bits per heavy atom. The minimum Gasteiger partial charge on any atom is -0.494 e. The highest BCUT2D eigenvalue weighted by Crippen LogP contribution is 2.19. The quantitative estimate of drug-likeness (QED) is 0.857. The van der Waals surface area contributed by atoms with Crippen LogP contribution in [0.4, 0.5) is 4.39 Å². The topological polar surface area (TPSA) is 76.1 Å². The molecule has 1 fully saturated rings. The molecule has 1 aromatic carbocycles. The Bertz CT molecular complexity index is 578. The van der Waals surface area contributed by atoms with Gasteiger partial charge in [0.05, 0.1) is 26.2 Å². The van der Waals surface area contributed by atoms with Crippen LogP contribution in [0.15, 0.2) is 18.2 Å². The lowest BCUT2D eigenvalue weighted by Crippen LogP contribution is -2.46. The molecule has 1 aliphatic rings. The number of carboxylic acid groups (broad SMARTS) is 1. The first-order valence-electron chi connectivity index (χ1n) is 7.43. The Kier molecular flexibility index (Phi) is 5.92. The van der Waals surface area contributed by atoms with Crippen molar-refractivity contribution < 1.29 is 28.6 Å². The van der Waals surface area contributed by atoms with Gasteiger partial charge in [-0.25, -0.2) is 4.39 Å².